The molecule has 3 aromatic rings. The predicted octanol–water partition coefficient (Wildman–Crippen LogP) is 5.18. The van der Waals surface area contributed by atoms with E-state index >= 15 is 0 Å². The number of carbonyl (C=O) groups excluding carboxylic acids is 1. The van der Waals surface area contributed by atoms with Crippen molar-refractivity contribution < 1.29 is 19.4 Å². The number of carbonyl (C=O) groups is 2. The first kappa shape index (κ1) is 21.0. The average Bonchev–Trinajstić information content (AvgIpc) is 2.73. The molecule has 1 amide bonds. The van der Waals surface area contributed by atoms with Crippen LogP contribution in [-0.4, -0.2) is 29.6 Å². The minimum atomic E-state index is -1.07. The third-order valence-electron chi connectivity index (χ3n) is 5.04. The fourth-order valence-electron chi connectivity index (χ4n) is 3.49. The van der Waals surface area contributed by atoms with Crippen LogP contribution in [0.5, 0.6) is 5.75 Å². The number of carboxylic acid groups (broad SMARTS) is 1. The highest BCUT2D eigenvalue weighted by Crippen LogP contribution is 2.30. The quantitative estimate of drug-likeness (QED) is 0.573. The van der Waals surface area contributed by atoms with Gasteiger partial charge in [-0.1, -0.05) is 30.3 Å². The summed E-state index contributed by atoms with van der Waals surface area (Å²) in [5.74, 6) is 0.713. The van der Waals surface area contributed by atoms with Gasteiger partial charge in [0.2, 0.25) is 0 Å². The first-order valence-electron chi connectivity index (χ1n) is 9.51. The third-order valence-corrected chi connectivity index (χ3v) is 5.04. The van der Waals surface area contributed by atoms with Crippen LogP contribution in [-0.2, 0) is 6.54 Å². The Balaban J connectivity index is 2.01. The molecule has 0 atom stereocenters. The van der Waals surface area contributed by atoms with Crippen molar-refractivity contribution in [1.82, 2.24) is 4.98 Å². The molecule has 6 nitrogen and oxygen atoms in total. The number of hydrogen-bond acceptors (Lipinski definition) is 4. The maximum atomic E-state index is 12.1. The van der Waals surface area contributed by atoms with Gasteiger partial charge < -0.3 is 9.84 Å². The van der Waals surface area contributed by atoms with Crippen LogP contribution in [0.4, 0.5) is 10.5 Å². The molecular weight excluding hydrogens is 380 g/mol. The number of aryl methyl sites for hydroxylation is 2. The standard InChI is InChI=1S/C24H24N2O4/c1-15-9-20(19-7-5-18(14-27)6-8-19)11-21(10-15)26(24(28)29)13-22-17(3)23(30-4)16(2)12-25-22/h5-12,14H,13H2,1-4H3,(H,28,29). The molecule has 0 spiro atoms. The van der Waals surface area contributed by atoms with Crippen molar-refractivity contribution in [2.24, 2.45) is 0 Å². The van der Waals surface area contributed by atoms with Crippen LogP contribution in [0, 0.1) is 20.8 Å². The van der Waals surface area contributed by atoms with Gasteiger partial charge in [-0.05, 0) is 49.6 Å². The SMILES string of the molecule is COc1c(C)cnc(CN(C(=O)O)c2cc(C)cc(-c3ccc(C=O)cc3)c2)c1C. The zero-order valence-corrected chi connectivity index (χ0v) is 17.5. The van der Waals surface area contributed by atoms with Gasteiger partial charge in [0.15, 0.2) is 0 Å². The molecule has 0 aliphatic heterocycles. The van der Waals surface area contributed by atoms with Gasteiger partial charge in [-0.15, -0.1) is 0 Å². The predicted molar refractivity (Wildman–Crippen MR) is 116 cm³/mol. The largest absolute Gasteiger partial charge is 0.496 e. The lowest BCUT2D eigenvalue weighted by Crippen LogP contribution is -2.29. The average molecular weight is 404 g/mol. The molecule has 0 bridgehead atoms. The summed E-state index contributed by atoms with van der Waals surface area (Å²) in [5.41, 5.74) is 6.21. The normalized spacial score (nSPS) is 10.5. The Bertz CT molecular complexity index is 1090. The maximum absolute atomic E-state index is 12.1. The number of anilines is 1. The van der Waals surface area contributed by atoms with Crippen molar-refractivity contribution in [1.29, 1.82) is 0 Å². The molecule has 0 aliphatic rings. The number of benzene rings is 2. The van der Waals surface area contributed by atoms with Crippen LogP contribution in [0.1, 0.15) is 32.7 Å². The van der Waals surface area contributed by atoms with E-state index in [-0.39, 0.29) is 6.54 Å². The van der Waals surface area contributed by atoms with Crippen molar-refractivity contribution in [3.8, 4) is 16.9 Å². The van der Waals surface area contributed by atoms with E-state index in [0.29, 0.717) is 22.7 Å². The first-order chi connectivity index (χ1) is 14.3. The number of aromatic nitrogens is 1. The number of nitrogens with zero attached hydrogens (tertiary/aromatic N) is 2. The fraction of sp³-hybridized carbons (Fsp3) is 0.208. The number of hydrogen-bond donors (Lipinski definition) is 1. The van der Waals surface area contributed by atoms with E-state index < -0.39 is 6.09 Å². The molecule has 0 saturated carbocycles. The van der Waals surface area contributed by atoms with Crippen molar-refractivity contribution >= 4 is 18.1 Å². The summed E-state index contributed by atoms with van der Waals surface area (Å²) in [6.45, 7) is 5.81. The molecule has 3 rings (SSSR count). The van der Waals surface area contributed by atoms with Gasteiger partial charge in [-0.2, -0.15) is 0 Å². The van der Waals surface area contributed by atoms with Crippen molar-refractivity contribution in [2.45, 2.75) is 27.3 Å². The Kier molecular flexibility index (Phi) is 6.16. The van der Waals surface area contributed by atoms with Gasteiger partial charge in [0.25, 0.3) is 0 Å². The number of aldehydes is 1. The molecule has 0 unspecified atom stereocenters. The Hall–Kier alpha value is -3.67. The molecular formula is C24H24N2O4. The molecule has 1 N–H and O–H groups in total. The summed E-state index contributed by atoms with van der Waals surface area (Å²) in [4.78, 5) is 28.7. The summed E-state index contributed by atoms with van der Waals surface area (Å²) in [6.07, 6.45) is 1.42. The summed E-state index contributed by atoms with van der Waals surface area (Å²) < 4.78 is 5.45. The molecule has 30 heavy (non-hydrogen) atoms. The van der Waals surface area contributed by atoms with E-state index in [4.69, 9.17) is 4.74 Å². The Morgan fingerprint density at radius 1 is 1.10 bits per heavy atom. The summed E-state index contributed by atoms with van der Waals surface area (Å²) in [5, 5.41) is 9.91. The van der Waals surface area contributed by atoms with Crippen LogP contribution in [0.15, 0.2) is 48.7 Å². The number of rotatable bonds is 6. The molecule has 1 aromatic heterocycles. The third kappa shape index (κ3) is 4.33. The van der Waals surface area contributed by atoms with Crippen molar-refractivity contribution in [3.05, 3.63) is 76.6 Å². The van der Waals surface area contributed by atoms with Gasteiger partial charge in [0.05, 0.1) is 19.3 Å². The second-order valence-electron chi connectivity index (χ2n) is 7.21. The van der Waals surface area contributed by atoms with E-state index in [2.05, 4.69) is 4.98 Å². The van der Waals surface area contributed by atoms with Crippen LogP contribution in [0.3, 0.4) is 0 Å². The number of ether oxygens (including phenoxy) is 1. The molecule has 1 heterocycles. The van der Waals surface area contributed by atoms with Crippen LogP contribution in [0.25, 0.3) is 11.1 Å². The molecule has 154 valence electrons. The second-order valence-corrected chi connectivity index (χ2v) is 7.21. The monoisotopic (exact) mass is 404 g/mol. The summed E-state index contributed by atoms with van der Waals surface area (Å²) in [6, 6.07) is 12.8. The van der Waals surface area contributed by atoms with E-state index in [1.165, 1.54) is 4.90 Å². The van der Waals surface area contributed by atoms with Crippen molar-refractivity contribution in [3.63, 3.8) is 0 Å². The minimum absolute atomic E-state index is 0.102. The van der Waals surface area contributed by atoms with Gasteiger partial charge in [-0.3, -0.25) is 14.7 Å². The molecule has 6 heteroatoms. The second kappa shape index (κ2) is 8.78. The zero-order valence-electron chi connectivity index (χ0n) is 17.5. The smallest absolute Gasteiger partial charge is 0.412 e. The zero-order chi connectivity index (χ0) is 21.8. The fourth-order valence-corrected chi connectivity index (χ4v) is 3.49. The van der Waals surface area contributed by atoms with Crippen LogP contribution in [0.2, 0.25) is 0 Å². The lowest BCUT2D eigenvalue weighted by atomic mass is 10.0. The van der Waals surface area contributed by atoms with Crippen LogP contribution >= 0.6 is 0 Å². The summed E-state index contributed by atoms with van der Waals surface area (Å²) in [7, 11) is 1.59. The highest BCUT2D eigenvalue weighted by molar-refractivity contribution is 5.88. The maximum Gasteiger partial charge on any atom is 0.412 e. The Labute approximate surface area is 175 Å². The highest BCUT2D eigenvalue weighted by atomic mass is 16.5. The molecule has 0 saturated heterocycles. The van der Waals surface area contributed by atoms with E-state index in [9.17, 15) is 14.7 Å². The van der Waals surface area contributed by atoms with Gasteiger partial charge in [0.1, 0.15) is 12.0 Å². The molecule has 0 fully saturated rings. The Morgan fingerprint density at radius 3 is 2.40 bits per heavy atom. The number of methoxy groups -OCH3 is 1. The number of amides is 1. The molecule has 0 radical (unpaired) electrons. The van der Waals surface area contributed by atoms with E-state index in [1.54, 1.807) is 25.4 Å². The lowest BCUT2D eigenvalue weighted by Gasteiger charge is -2.22. The van der Waals surface area contributed by atoms with E-state index in [1.807, 2.05) is 51.1 Å². The molecule has 2 aromatic carbocycles. The topological polar surface area (TPSA) is 79.7 Å². The highest BCUT2D eigenvalue weighted by Gasteiger charge is 2.20. The summed E-state index contributed by atoms with van der Waals surface area (Å²) >= 11 is 0. The van der Waals surface area contributed by atoms with Crippen LogP contribution < -0.4 is 9.64 Å². The van der Waals surface area contributed by atoms with Gasteiger partial charge in [-0.25, -0.2) is 4.79 Å². The van der Waals surface area contributed by atoms with E-state index in [0.717, 1.165) is 34.1 Å². The first-order valence-corrected chi connectivity index (χ1v) is 9.51. The van der Waals surface area contributed by atoms with Gasteiger partial charge >= 0.3 is 6.09 Å². The number of pyridine rings is 1. The molecule has 0 aliphatic carbocycles. The van der Waals surface area contributed by atoms with Crippen molar-refractivity contribution in [2.75, 3.05) is 12.0 Å². The van der Waals surface area contributed by atoms with Gasteiger partial charge in [0, 0.05) is 28.6 Å². The Morgan fingerprint density at radius 2 is 1.80 bits per heavy atom. The lowest BCUT2D eigenvalue weighted by molar-refractivity contribution is 0.112. The minimum Gasteiger partial charge on any atom is -0.496 e.